The summed E-state index contributed by atoms with van der Waals surface area (Å²) in [6, 6.07) is 5.67. The maximum absolute atomic E-state index is 9.40. The number of hydrogen-bond donors (Lipinski definition) is 2. The highest BCUT2D eigenvalue weighted by Crippen LogP contribution is 2.24. The highest BCUT2D eigenvalue weighted by atomic mass is 79.9. The van der Waals surface area contributed by atoms with Crippen molar-refractivity contribution in [2.75, 3.05) is 13.1 Å². The van der Waals surface area contributed by atoms with Crippen molar-refractivity contribution < 1.29 is 5.11 Å². The Bertz CT molecular complexity index is 362. The summed E-state index contributed by atoms with van der Waals surface area (Å²) in [7, 11) is 0. The number of hydrogen-bond acceptors (Lipinski definition) is 3. The number of rotatable bonds is 2. The van der Waals surface area contributed by atoms with Crippen LogP contribution in [0.1, 0.15) is 12.0 Å². The molecule has 1 atom stereocenters. The molecule has 1 heterocycles. The van der Waals surface area contributed by atoms with Crippen molar-refractivity contribution in [3.8, 4) is 5.75 Å². The summed E-state index contributed by atoms with van der Waals surface area (Å²) in [5.74, 6) is 0.316. The Hall–Kier alpha value is -0.290. The van der Waals surface area contributed by atoms with Gasteiger partial charge >= 0.3 is 0 Å². The summed E-state index contributed by atoms with van der Waals surface area (Å²) >= 11 is 3.48. The predicted octanol–water partition coefficient (Wildman–Crippen LogP) is 2.11. The minimum Gasteiger partial charge on any atom is -0.508 e. The van der Waals surface area contributed by atoms with E-state index in [0.717, 1.165) is 36.1 Å². The summed E-state index contributed by atoms with van der Waals surface area (Å²) in [6.07, 6.45) is 1.07. The van der Waals surface area contributed by atoms with E-state index >= 15 is 0 Å². The third-order valence-corrected chi connectivity index (χ3v) is 3.51. The van der Waals surface area contributed by atoms with Gasteiger partial charge in [0.1, 0.15) is 5.75 Å². The molecule has 3 nitrogen and oxygen atoms in total. The van der Waals surface area contributed by atoms with Crippen LogP contribution in [0.25, 0.3) is 0 Å². The van der Waals surface area contributed by atoms with Crippen LogP contribution >= 0.6 is 28.3 Å². The normalized spacial score (nSPS) is 20.8. The number of nitrogens with two attached hydrogens (primary N) is 1. The second kappa shape index (κ2) is 5.87. The zero-order valence-electron chi connectivity index (χ0n) is 8.90. The molecule has 90 valence electrons. The highest BCUT2D eigenvalue weighted by molar-refractivity contribution is 9.10. The molecule has 3 N–H and O–H groups in total. The van der Waals surface area contributed by atoms with E-state index in [-0.39, 0.29) is 12.4 Å². The van der Waals surface area contributed by atoms with Gasteiger partial charge in [-0.15, -0.1) is 12.4 Å². The SMILES string of the molecule is Cl.N[C@H]1CCN(Cc2cc(O)ccc2Br)C1. The lowest BCUT2D eigenvalue weighted by atomic mass is 10.2. The van der Waals surface area contributed by atoms with Crippen molar-refractivity contribution in [1.29, 1.82) is 0 Å². The Balaban J connectivity index is 0.00000128. The second-order valence-corrected chi connectivity index (χ2v) is 4.91. The van der Waals surface area contributed by atoms with Crippen molar-refractivity contribution in [3.63, 3.8) is 0 Å². The Kier molecular flexibility index (Phi) is 5.05. The Morgan fingerprint density at radius 1 is 1.50 bits per heavy atom. The topological polar surface area (TPSA) is 49.5 Å². The fourth-order valence-electron chi connectivity index (χ4n) is 1.93. The molecule has 0 amide bonds. The van der Waals surface area contributed by atoms with Crippen LogP contribution in [0.5, 0.6) is 5.75 Å². The molecule has 0 aromatic heterocycles. The van der Waals surface area contributed by atoms with Gasteiger partial charge in [0.25, 0.3) is 0 Å². The molecule has 1 aromatic carbocycles. The van der Waals surface area contributed by atoms with Gasteiger partial charge < -0.3 is 10.8 Å². The number of phenols is 1. The third-order valence-electron chi connectivity index (χ3n) is 2.73. The monoisotopic (exact) mass is 306 g/mol. The summed E-state index contributed by atoms with van der Waals surface area (Å²) in [6.45, 7) is 2.84. The highest BCUT2D eigenvalue weighted by Gasteiger charge is 2.19. The molecule has 0 spiro atoms. The third kappa shape index (κ3) is 3.35. The van der Waals surface area contributed by atoms with E-state index < -0.39 is 0 Å². The number of halogens is 2. The molecule has 0 unspecified atom stereocenters. The van der Waals surface area contributed by atoms with Gasteiger partial charge in [-0.05, 0) is 30.2 Å². The maximum atomic E-state index is 9.40. The van der Waals surface area contributed by atoms with E-state index in [1.54, 1.807) is 12.1 Å². The largest absolute Gasteiger partial charge is 0.508 e. The van der Waals surface area contributed by atoms with E-state index in [1.807, 2.05) is 6.07 Å². The summed E-state index contributed by atoms with van der Waals surface area (Å²) in [5.41, 5.74) is 6.96. The van der Waals surface area contributed by atoms with Crippen LogP contribution in [0.3, 0.4) is 0 Å². The number of aromatic hydroxyl groups is 1. The Morgan fingerprint density at radius 2 is 2.25 bits per heavy atom. The first-order valence-electron chi connectivity index (χ1n) is 5.10. The first-order valence-corrected chi connectivity index (χ1v) is 5.90. The van der Waals surface area contributed by atoms with E-state index in [0.29, 0.717) is 11.8 Å². The van der Waals surface area contributed by atoms with Gasteiger partial charge in [0, 0.05) is 30.1 Å². The van der Waals surface area contributed by atoms with Crippen LogP contribution < -0.4 is 5.73 Å². The van der Waals surface area contributed by atoms with E-state index in [2.05, 4.69) is 20.8 Å². The predicted molar refractivity (Wildman–Crippen MR) is 70.9 cm³/mol. The van der Waals surface area contributed by atoms with Gasteiger partial charge in [0.05, 0.1) is 0 Å². The molecule has 1 saturated heterocycles. The standard InChI is InChI=1S/C11H15BrN2O.ClH/c12-11-2-1-10(15)5-8(11)6-14-4-3-9(13)7-14;/h1-2,5,9,15H,3-4,6-7,13H2;1H/t9-;/m0./s1. The molecule has 0 saturated carbocycles. The van der Waals surface area contributed by atoms with Gasteiger partial charge in [0.15, 0.2) is 0 Å². The average molecular weight is 308 g/mol. The lowest BCUT2D eigenvalue weighted by Gasteiger charge is -2.16. The Labute approximate surface area is 110 Å². The molecular weight excluding hydrogens is 291 g/mol. The lowest BCUT2D eigenvalue weighted by molar-refractivity contribution is 0.325. The summed E-state index contributed by atoms with van der Waals surface area (Å²) < 4.78 is 1.04. The van der Waals surface area contributed by atoms with Crippen LogP contribution in [0, 0.1) is 0 Å². The van der Waals surface area contributed by atoms with Crippen LogP contribution in [-0.2, 0) is 6.54 Å². The molecular formula is C11H16BrClN2O. The van der Waals surface area contributed by atoms with Crippen LogP contribution in [-0.4, -0.2) is 29.1 Å². The van der Waals surface area contributed by atoms with Gasteiger partial charge in [0.2, 0.25) is 0 Å². The molecule has 1 aliphatic rings. The van der Waals surface area contributed by atoms with Crippen molar-refractivity contribution in [2.24, 2.45) is 5.73 Å². The fraction of sp³-hybridized carbons (Fsp3) is 0.455. The molecule has 1 aliphatic heterocycles. The minimum atomic E-state index is 0. The lowest BCUT2D eigenvalue weighted by Crippen LogP contribution is -2.26. The van der Waals surface area contributed by atoms with Gasteiger partial charge in [-0.2, -0.15) is 0 Å². The summed E-state index contributed by atoms with van der Waals surface area (Å²) in [4.78, 5) is 2.31. The van der Waals surface area contributed by atoms with E-state index in [9.17, 15) is 5.11 Å². The minimum absolute atomic E-state index is 0. The van der Waals surface area contributed by atoms with Gasteiger partial charge in [-0.3, -0.25) is 4.90 Å². The number of phenolic OH excluding ortho intramolecular Hbond substituents is 1. The van der Waals surface area contributed by atoms with E-state index in [4.69, 9.17) is 5.73 Å². The molecule has 16 heavy (non-hydrogen) atoms. The molecule has 1 aromatic rings. The number of nitrogens with zero attached hydrogens (tertiary/aromatic N) is 1. The molecule has 5 heteroatoms. The average Bonchev–Trinajstić information content (AvgIpc) is 2.58. The summed E-state index contributed by atoms with van der Waals surface area (Å²) in [5, 5.41) is 9.40. The first kappa shape index (κ1) is 13.8. The molecule has 0 bridgehead atoms. The van der Waals surface area contributed by atoms with Crippen molar-refractivity contribution >= 4 is 28.3 Å². The Morgan fingerprint density at radius 3 is 2.88 bits per heavy atom. The molecule has 0 aliphatic carbocycles. The number of benzene rings is 1. The van der Waals surface area contributed by atoms with Crippen LogP contribution in [0.15, 0.2) is 22.7 Å². The second-order valence-electron chi connectivity index (χ2n) is 4.06. The quantitative estimate of drug-likeness (QED) is 0.880. The maximum Gasteiger partial charge on any atom is 0.115 e. The van der Waals surface area contributed by atoms with Crippen LogP contribution in [0.2, 0.25) is 0 Å². The first-order chi connectivity index (χ1) is 7.15. The van der Waals surface area contributed by atoms with Crippen LogP contribution in [0.4, 0.5) is 0 Å². The zero-order chi connectivity index (χ0) is 10.8. The van der Waals surface area contributed by atoms with Gasteiger partial charge in [-0.1, -0.05) is 15.9 Å². The van der Waals surface area contributed by atoms with E-state index in [1.165, 1.54) is 0 Å². The smallest absolute Gasteiger partial charge is 0.115 e. The van der Waals surface area contributed by atoms with Gasteiger partial charge in [-0.25, -0.2) is 0 Å². The molecule has 2 rings (SSSR count). The molecule has 0 radical (unpaired) electrons. The fourth-order valence-corrected chi connectivity index (χ4v) is 2.30. The van der Waals surface area contributed by atoms with Crippen molar-refractivity contribution in [1.82, 2.24) is 4.90 Å². The van der Waals surface area contributed by atoms with Crippen molar-refractivity contribution in [3.05, 3.63) is 28.2 Å². The zero-order valence-corrected chi connectivity index (χ0v) is 11.3. The number of likely N-dealkylation sites (tertiary alicyclic amines) is 1. The van der Waals surface area contributed by atoms with Crippen molar-refractivity contribution in [2.45, 2.75) is 19.0 Å². The molecule has 1 fully saturated rings.